The molecule has 0 radical (unpaired) electrons. The van der Waals surface area contributed by atoms with Crippen LogP contribution < -0.4 is 15.5 Å². The standard InChI is InChI=1S/C30H35N3O7S/c34-19-21-12-14-22(15-13-21)26-18-25(20-41-29-11-4-5-16-33(29)38)39-30(40-26)23-7-6-8-24(17-23)31-27(35)9-2-1-3-10-28(36)32-37/h4-8,11-17,25-26,30,34,37H,1-3,9-10,18-20H2,(H,31,35)(H,32,36)/t25-,26+,30+/m1/s1. The van der Waals surface area contributed by atoms with E-state index in [1.165, 1.54) is 18.0 Å². The first kappa shape index (κ1) is 30.5. The van der Waals surface area contributed by atoms with Crippen LogP contribution in [0.1, 0.15) is 67.6 Å². The predicted molar refractivity (Wildman–Crippen MR) is 153 cm³/mol. The van der Waals surface area contributed by atoms with E-state index in [1.54, 1.807) is 23.7 Å². The van der Waals surface area contributed by atoms with Crippen molar-refractivity contribution in [2.45, 2.75) is 68.7 Å². The third kappa shape index (κ3) is 9.27. The number of benzene rings is 2. The molecule has 1 aliphatic rings. The first-order chi connectivity index (χ1) is 19.9. The topological polar surface area (TPSA) is 144 Å². The minimum absolute atomic E-state index is 0.0392. The monoisotopic (exact) mass is 581 g/mol. The largest absolute Gasteiger partial charge is 0.618 e. The number of thioether (sulfide) groups is 1. The van der Waals surface area contributed by atoms with Gasteiger partial charge in [-0.2, -0.15) is 4.73 Å². The van der Waals surface area contributed by atoms with E-state index in [0.717, 1.165) is 21.4 Å². The Morgan fingerprint density at radius 3 is 2.46 bits per heavy atom. The summed E-state index contributed by atoms with van der Waals surface area (Å²) < 4.78 is 13.6. The van der Waals surface area contributed by atoms with E-state index in [-0.39, 0.29) is 31.1 Å². The fraction of sp³-hybridized carbons (Fsp3) is 0.367. The maximum Gasteiger partial charge on any atom is 0.251 e. The van der Waals surface area contributed by atoms with Crippen molar-refractivity contribution >= 4 is 29.3 Å². The molecule has 41 heavy (non-hydrogen) atoms. The number of carbonyl (C=O) groups is 2. The van der Waals surface area contributed by atoms with Gasteiger partial charge in [0, 0.05) is 48.4 Å². The lowest BCUT2D eigenvalue weighted by Crippen LogP contribution is -2.32. The molecule has 0 spiro atoms. The number of hydrogen-bond donors (Lipinski definition) is 4. The number of unbranched alkanes of at least 4 members (excludes halogenated alkanes) is 2. The zero-order chi connectivity index (χ0) is 29.0. The fourth-order valence-electron chi connectivity index (χ4n) is 4.52. The number of rotatable bonds is 13. The lowest BCUT2D eigenvalue weighted by atomic mass is 10.0. The van der Waals surface area contributed by atoms with Gasteiger partial charge in [0.05, 0.1) is 18.8 Å². The highest BCUT2D eigenvalue weighted by molar-refractivity contribution is 7.99. The Kier molecular flexibility index (Phi) is 11.5. The molecule has 0 saturated carbocycles. The minimum atomic E-state index is -0.693. The number of aromatic nitrogens is 1. The maximum atomic E-state index is 12.5. The van der Waals surface area contributed by atoms with Gasteiger partial charge in [0.1, 0.15) is 0 Å². The molecule has 3 aromatic rings. The van der Waals surface area contributed by atoms with Crippen molar-refractivity contribution in [3.8, 4) is 0 Å². The van der Waals surface area contributed by atoms with E-state index >= 15 is 0 Å². The van der Waals surface area contributed by atoms with Crippen LogP contribution in [0.3, 0.4) is 0 Å². The van der Waals surface area contributed by atoms with Gasteiger partial charge in [0.15, 0.2) is 12.5 Å². The Bertz CT molecular complexity index is 1290. The van der Waals surface area contributed by atoms with Crippen molar-refractivity contribution < 1.29 is 34.1 Å². The number of pyridine rings is 1. The average molecular weight is 582 g/mol. The highest BCUT2D eigenvalue weighted by atomic mass is 32.2. The third-order valence-corrected chi connectivity index (χ3v) is 7.85. The van der Waals surface area contributed by atoms with E-state index in [9.17, 15) is 19.9 Å². The molecule has 2 amide bonds. The molecular formula is C30H35N3O7S. The van der Waals surface area contributed by atoms with Crippen LogP contribution in [-0.4, -0.2) is 34.0 Å². The first-order valence-electron chi connectivity index (χ1n) is 13.6. The van der Waals surface area contributed by atoms with Crippen LogP contribution in [-0.2, 0) is 25.7 Å². The molecule has 11 heteroatoms. The number of nitrogens with one attached hydrogen (secondary N) is 2. The summed E-state index contributed by atoms with van der Waals surface area (Å²) in [7, 11) is 0. The van der Waals surface area contributed by atoms with Crippen LogP contribution in [0.2, 0.25) is 0 Å². The van der Waals surface area contributed by atoms with Crippen molar-refractivity contribution in [2.75, 3.05) is 11.1 Å². The highest BCUT2D eigenvalue weighted by Gasteiger charge is 2.33. The summed E-state index contributed by atoms with van der Waals surface area (Å²) in [5, 5.41) is 33.6. The molecule has 3 atom stereocenters. The minimum Gasteiger partial charge on any atom is -0.618 e. The van der Waals surface area contributed by atoms with Gasteiger partial charge in [-0.15, -0.1) is 0 Å². The van der Waals surface area contributed by atoms with Gasteiger partial charge in [-0.3, -0.25) is 14.8 Å². The molecule has 4 N–H and O–H groups in total. The molecule has 1 aliphatic heterocycles. The van der Waals surface area contributed by atoms with Crippen molar-refractivity contribution in [1.29, 1.82) is 0 Å². The second-order valence-electron chi connectivity index (χ2n) is 9.80. The summed E-state index contributed by atoms with van der Waals surface area (Å²) in [6, 6.07) is 20.3. The molecule has 4 rings (SSSR count). The highest BCUT2D eigenvalue weighted by Crippen LogP contribution is 2.39. The summed E-state index contributed by atoms with van der Waals surface area (Å²) in [6.45, 7) is -0.0392. The Hall–Kier alpha value is -3.48. The second-order valence-corrected chi connectivity index (χ2v) is 10.8. The molecule has 0 bridgehead atoms. The number of aliphatic hydroxyl groups is 1. The van der Waals surface area contributed by atoms with Crippen LogP contribution >= 0.6 is 11.8 Å². The van der Waals surface area contributed by atoms with E-state index < -0.39 is 12.2 Å². The van der Waals surface area contributed by atoms with Gasteiger partial charge in [0.25, 0.3) is 5.03 Å². The molecule has 10 nitrogen and oxygen atoms in total. The van der Waals surface area contributed by atoms with Crippen molar-refractivity contribution in [2.24, 2.45) is 0 Å². The zero-order valence-electron chi connectivity index (χ0n) is 22.6. The number of hydrogen-bond acceptors (Lipinski definition) is 8. The number of nitrogens with zero attached hydrogens (tertiary/aromatic N) is 1. The second kappa shape index (κ2) is 15.5. The van der Waals surface area contributed by atoms with Crippen molar-refractivity contribution in [3.05, 3.63) is 94.8 Å². The SMILES string of the molecule is O=C(CCCCCC(=O)Nc1cccc([C@H]2O[C@@H](CSc3cccc[n+]3[O-])C[C@@H](c3ccc(CO)cc3)O2)c1)NO. The molecule has 218 valence electrons. The Balaban J connectivity index is 1.41. The number of anilines is 1. The summed E-state index contributed by atoms with van der Waals surface area (Å²) in [4.78, 5) is 23.6. The lowest BCUT2D eigenvalue weighted by molar-refractivity contribution is -0.645. The van der Waals surface area contributed by atoms with E-state index in [0.29, 0.717) is 48.6 Å². The van der Waals surface area contributed by atoms with Crippen LogP contribution in [0.4, 0.5) is 5.69 Å². The van der Waals surface area contributed by atoms with Gasteiger partial charge in [0.2, 0.25) is 11.8 Å². The normalized spacial score (nSPS) is 18.5. The third-order valence-electron chi connectivity index (χ3n) is 6.70. The van der Waals surface area contributed by atoms with Crippen molar-refractivity contribution in [3.63, 3.8) is 0 Å². The predicted octanol–water partition coefficient (Wildman–Crippen LogP) is 4.54. The molecule has 0 aliphatic carbocycles. The average Bonchev–Trinajstić information content (AvgIpc) is 3.00. The summed E-state index contributed by atoms with van der Waals surface area (Å²) in [5.74, 6) is -0.0183. The van der Waals surface area contributed by atoms with Crippen LogP contribution in [0.5, 0.6) is 0 Å². The van der Waals surface area contributed by atoms with Crippen LogP contribution in [0.25, 0.3) is 0 Å². The summed E-state index contributed by atoms with van der Waals surface area (Å²) in [5.41, 5.74) is 4.75. The lowest BCUT2D eigenvalue weighted by Gasteiger charge is -2.36. The number of hydroxylamine groups is 1. The molecule has 1 aromatic heterocycles. The number of ether oxygens (including phenoxy) is 2. The van der Waals surface area contributed by atoms with Gasteiger partial charge >= 0.3 is 0 Å². The van der Waals surface area contributed by atoms with E-state index in [4.69, 9.17) is 14.7 Å². The Morgan fingerprint density at radius 2 is 1.73 bits per heavy atom. The van der Waals surface area contributed by atoms with Crippen molar-refractivity contribution in [1.82, 2.24) is 5.48 Å². The molecule has 2 aromatic carbocycles. The van der Waals surface area contributed by atoms with Gasteiger partial charge in [-0.1, -0.05) is 54.6 Å². The van der Waals surface area contributed by atoms with Gasteiger partial charge < -0.3 is 25.1 Å². The maximum absolute atomic E-state index is 12.5. The number of aliphatic hydroxyl groups excluding tert-OH is 1. The molecule has 2 heterocycles. The van der Waals surface area contributed by atoms with Crippen LogP contribution in [0, 0.1) is 5.21 Å². The smallest absolute Gasteiger partial charge is 0.251 e. The van der Waals surface area contributed by atoms with E-state index in [1.807, 2.05) is 48.5 Å². The van der Waals surface area contributed by atoms with Gasteiger partial charge in [-0.25, -0.2) is 5.48 Å². The number of carbonyl (C=O) groups excluding carboxylic acids is 2. The zero-order valence-corrected chi connectivity index (χ0v) is 23.4. The quantitative estimate of drug-likeness (QED) is 0.0575. The molecule has 1 fully saturated rings. The Labute approximate surface area is 243 Å². The van der Waals surface area contributed by atoms with Crippen LogP contribution in [0.15, 0.2) is 78.0 Å². The van der Waals surface area contributed by atoms with E-state index in [2.05, 4.69) is 5.32 Å². The Morgan fingerprint density at radius 1 is 0.951 bits per heavy atom. The summed E-state index contributed by atoms with van der Waals surface area (Å²) in [6.07, 6.45) is 3.32. The van der Waals surface area contributed by atoms with Gasteiger partial charge in [-0.05, 0) is 42.2 Å². The first-order valence-corrected chi connectivity index (χ1v) is 14.6. The molecular weight excluding hydrogens is 546 g/mol. The molecule has 1 saturated heterocycles. The number of amides is 2. The fourth-order valence-corrected chi connectivity index (χ4v) is 5.45. The molecule has 0 unspecified atom stereocenters. The summed E-state index contributed by atoms with van der Waals surface area (Å²) >= 11 is 1.42.